The van der Waals surface area contributed by atoms with E-state index in [0.717, 1.165) is 37.8 Å². The third kappa shape index (κ3) is 4.99. The monoisotopic (exact) mass is 370 g/mol. The van der Waals surface area contributed by atoms with E-state index in [2.05, 4.69) is 31.0 Å². The normalized spacial score (nSPS) is 18.4. The Bertz CT molecular complexity index is 521. The third-order valence-corrected chi connectivity index (χ3v) is 4.26. The van der Waals surface area contributed by atoms with E-state index in [1.807, 2.05) is 0 Å². The van der Waals surface area contributed by atoms with Crippen LogP contribution >= 0.6 is 24.0 Å². The molecule has 1 saturated heterocycles. The zero-order chi connectivity index (χ0) is 16.5. The van der Waals surface area contributed by atoms with Gasteiger partial charge in [0.15, 0.2) is 0 Å². The Labute approximate surface area is 146 Å². The lowest BCUT2D eigenvalue weighted by atomic mass is 9.80. The molecule has 1 aromatic carbocycles. The van der Waals surface area contributed by atoms with Crippen LogP contribution in [0.4, 0.5) is 13.2 Å². The second-order valence-corrected chi connectivity index (χ2v) is 7.20. The first-order valence-electron chi connectivity index (χ1n) is 7.42. The molecule has 7 heteroatoms. The average molecular weight is 371 g/mol. The first kappa shape index (κ1) is 20.6. The first-order valence-corrected chi connectivity index (χ1v) is 7.80. The zero-order valence-electron chi connectivity index (χ0n) is 13.5. The van der Waals surface area contributed by atoms with Gasteiger partial charge in [0, 0.05) is 32.2 Å². The molecule has 1 aromatic rings. The highest BCUT2D eigenvalue weighted by atomic mass is 35.5. The van der Waals surface area contributed by atoms with Crippen molar-refractivity contribution in [2.45, 2.75) is 33.0 Å². The minimum absolute atomic E-state index is 0. The Morgan fingerprint density at radius 1 is 1.13 bits per heavy atom. The summed E-state index contributed by atoms with van der Waals surface area (Å²) in [4.78, 5) is 2.31. The zero-order valence-corrected chi connectivity index (χ0v) is 15.1. The summed E-state index contributed by atoms with van der Waals surface area (Å²) in [7, 11) is 0. The number of nitrogens with one attached hydrogen (secondary N) is 1. The van der Waals surface area contributed by atoms with Crippen molar-refractivity contribution < 1.29 is 13.2 Å². The van der Waals surface area contributed by atoms with Gasteiger partial charge in [-0.3, -0.25) is 4.90 Å². The van der Waals surface area contributed by atoms with Crippen LogP contribution in [-0.4, -0.2) is 31.1 Å². The van der Waals surface area contributed by atoms with Gasteiger partial charge < -0.3 is 5.32 Å². The van der Waals surface area contributed by atoms with Gasteiger partial charge in [0.2, 0.25) is 0 Å². The van der Waals surface area contributed by atoms with Crippen molar-refractivity contribution >= 4 is 24.0 Å². The van der Waals surface area contributed by atoms with E-state index >= 15 is 0 Å². The fourth-order valence-electron chi connectivity index (χ4n) is 3.13. The Morgan fingerprint density at radius 2 is 1.70 bits per heavy atom. The molecule has 0 aromatic heterocycles. The molecule has 132 valence electrons. The molecule has 1 heterocycles. The number of piperazine rings is 1. The lowest BCUT2D eigenvalue weighted by Gasteiger charge is -2.42. The van der Waals surface area contributed by atoms with E-state index in [0.29, 0.717) is 0 Å². The van der Waals surface area contributed by atoms with Crippen molar-refractivity contribution in [3.8, 4) is 0 Å². The highest BCUT2D eigenvalue weighted by Crippen LogP contribution is 2.41. The van der Waals surface area contributed by atoms with Crippen molar-refractivity contribution in [1.82, 2.24) is 10.2 Å². The number of hydrogen-bond acceptors (Lipinski definition) is 2. The summed E-state index contributed by atoms with van der Waals surface area (Å²) >= 11 is 5.90. The lowest BCUT2D eigenvalue weighted by molar-refractivity contribution is -0.137. The second kappa shape index (κ2) is 7.60. The van der Waals surface area contributed by atoms with Crippen LogP contribution in [0.2, 0.25) is 5.02 Å². The Balaban J connectivity index is 0.00000264. The Morgan fingerprint density at radius 3 is 2.13 bits per heavy atom. The Kier molecular flexibility index (Phi) is 6.79. The van der Waals surface area contributed by atoms with Crippen LogP contribution in [0.25, 0.3) is 0 Å². The molecular formula is C16H23Cl2F3N2. The summed E-state index contributed by atoms with van der Waals surface area (Å²) in [6.07, 6.45) is -4.41. The lowest BCUT2D eigenvalue weighted by Crippen LogP contribution is -2.48. The van der Waals surface area contributed by atoms with E-state index in [4.69, 9.17) is 11.6 Å². The van der Waals surface area contributed by atoms with Gasteiger partial charge in [-0.05, 0) is 23.1 Å². The summed E-state index contributed by atoms with van der Waals surface area (Å²) in [5.74, 6) is 0. The molecule has 0 amide bonds. The van der Waals surface area contributed by atoms with Gasteiger partial charge in [0.05, 0.1) is 10.6 Å². The van der Waals surface area contributed by atoms with Crippen LogP contribution in [0.5, 0.6) is 0 Å². The summed E-state index contributed by atoms with van der Waals surface area (Å²) < 4.78 is 38.6. The molecule has 2 nitrogen and oxygen atoms in total. The van der Waals surface area contributed by atoms with E-state index in [9.17, 15) is 13.2 Å². The maximum atomic E-state index is 12.9. The molecule has 1 atom stereocenters. The maximum absolute atomic E-state index is 12.9. The number of hydrogen-bond donors (Lipinski definition) is 1. The summed E-state index contributed by atoms with van der Waals surface area (Å²) in [6, 6.07) is 4.17. The predicted octanol–water partition coefficient (Wildman–Crippen LogP) is 4.77. The van der Waals surface area contributed by atoms with Crippen LogP contribution in [0, 0.1) is 5.41 Å². The third-order valence-electron chi connectivity index (χ3n) is 3.95. The Hall–Kier alpha value is -0.490. The van der Waals surface area contributed by atoms with Gasteiger partial charge in [-0.2, -0.15) is 13.2 Å². The summed E-state index contributed by atoms with van der Waals surface area (Å²) in [5.41, 5.74) is -0.0289. The van der Waals surface area contributed by atoms with Gasteiger partial charge in [-0.25, -0.2) is 0 Å². The molecule has 0 spiro atoms. The van der Waals surface area contributed by atoms with E-state index in [1.54, 1.807) is 6.07 Å². The van der Waals surface area contributed by atoms with Crippen LogP contribution < -0.4 is 5.32 Å². The molecule has 0 aliphatic carbocycles. The molecule has 0 saturated carbocycles. The van der Waals surface area contributed by atoms with Crippen LogP contribution in [0.3, 0.4) is 0 Å². The molecule has 1 aliphatic rings. The number of benzene rings is 1. The maximum Gasteiger partial charge on any atom is 0.417 e. The standard InChI is InChI=1S/C16H22ClF3N2.ClH/c1-15(2,3)14(22-8-6-21-7-9-22)11-4-5-12(13(17)10-11)16(18,19)20;/h4-5,10,14,21H,6-9H2,1-3H3;1H/t14-;/m1./s1. The van der Waals surface area contributed by atoms with Crippen molar-refractivity contribution in [3.05, 3.63) is 34.3 Å². The molecule has 0 bridgehead atoms. The molecular weight excluding hydrogens is 348 g/mol. The SMILES string of the molecule is CC(C)(C)[C@@H](c1ccc(C(F)(F)F)c(Cl)c1)N1CCNCC1.Cl. The minimum atomic E-state index is -4.41. The molecule has 0 unspecified atom stereocenters. The largest absolute Gasteiger partial charge is 0.417 e. The highest BCUT2D eigenvalue weighted by Gasteiger charge is 2.36. The van der Waals surface area contributed by atoms with Crippen LogP contribution in [0.1, 0.15) is 37.9 Å². The quantitative estimate of drug-likeness (QED) is 0.806. The molecule has 1 N–H and O–H groups in total. The van der Waals surface area contributed by atoms with Gasteiger partial charge in [0.25, 0.3) is 0 Å². The molecule has 1 fully saturated rings. The molecule has 2 rings (SSSR count). The van der Waals surface area contributed by atoms with Crippen molar-refractivity contribution in [3.63, 3.8) is 0 Å². The van der Waals surface area contributed by atoms with Gasteiger partial charge >= 0.3 is 6.18 Å². The fraction of sp³-hybridized carbons (Fsp3) is 0.625. The summed E-state index contributed by atoms with van der Waals surface area (Å²) in [5, 5.41) is 3.07. The van der Waals surface area contributed by atoms with Gasteiger partial charge in [-0.15, -0.1) is 12.4 Å². The fourth-order valence-corrected chi connectivity index (χ4v) is 3.43. The summed E-state index contributed by atoms with van der Waals surface area (Å²) in [6.45, 7) is 9.84. The molecule has 1 aliphatic heterocycles. The van der Waals surface area contributed by atoms with Crippen molar-refractivity contribution in [1.29, 1.82) is 0 Å². The number of halogens is 5. The van der Waals surface area contributed by atoms with Gasteiger partial charge in [-0.1, -0.05) is 38.4 Å². The first-order chi connectivity index (χ1) is 10.1. The second-order valence-electron chi connectivity index (χ2n) is 6.79. The van der Waals surface area contributed by atoms with E-state index < -0.39 is 11.7 Å². The van der Waals surface area contributed by atoms with E-state index in [-0.39, 0.29) is 28.9 Å². The minimum Gasteiger partial charge on any atom is -0.314 e. The number of nitrogens with zero attached hydrogens (tertiary/aromatic N) is 1. The number of alkyl halides is 3. The highest BCUT2D eigenvalue weighted by molar-refractivity contribution is 6.31. The average Bonchev–Trinajstić information content (AvgIpc) is 2.37. The topological polar surface area (TPSA) is 15.3 Å². The predicted molar refractivity (Wildman–Crippen MR) is 90.3 cm³/mol. The van der Waals surface area contributed by atoms with Crippen molar-refractivity contribution in [2.24, 2.45) is 5.41 Å². The molecule has 0 radical (unpaired) electrons. The smallest absolute Gasteiger partial charge is 0.314 e. The van der Waals surface area contributed by atoms with E-state index in [1.165, 1.54) is 6.07 Å². The van der Waals surface area contributed by atoms with Gasteiger partial charge in [0.1, 0.15) is 0 Å². The van der Waals surface area contributed by atoms with Crippen LogP contribution in [0.15, 0.2) is 18.2 Å². The number of rotatable bonds is 2. The van der Waals surface area contributed by atoms with Crippen molar-refractivity contribution in [2.75, 3.05) is 26.2 Å². The van der Waals surface area contributed by atoms with Crippen LogP contribution in [-0.2, 0) is 6.18 Å². The molecule has 23 heavy (non-hydrogen) atoms.